The molecule has 0 aliphatic carbocycles. The number of benzene rings is 1. The molecule has 2 heterocycles. The van der Waals surface area contributed by atoms with Crippen LogP contribution in [0.1, 0.15) is 11.3 Å². The van der Waals surface area contributed by atoms with Gasteiger partial charge in [-0.05, 0) is 31.2 Å². The number of aromatic amines is 1. The summed E-state index contributed by atoms with van der Waals surface area (Å²) in [5, 5.41) is 11.4. The molecule has 0 saturated carbocycles. The molecule has 0 aliphatic rings. The van der Waals surface area contributed by atoms with Crippen molar-refractivity contribution in [3.05, 3.63) is 54.2 Å². The molecule has 0 unspecified atom stereocenters. The van der Waals surface area contributed by atoms with E-state index in [9.17, 15) is 8.42 Å². The van der Waals surface area contributed by atoms with E-state index < -0.39 is 10.0 Å². The Kier molecular flexibility index (Phi) is 5.14. The Bertz CT molecular complexity index is 970. The zero-order valence-corrected chi connectivity index (χ0v) is 14.9. The quantitative estimate of drug-likeness (QED) is 0.493. The van der Waals surface area contributed by atoms with E-state index in [1.54, 1.807) is 30.9 Å². The maximum Gasteiger partial charge on any atom is 0.238 e. The van der Waals surface area contributed by atoms with Gasteiger partial charge >= 0.3 is 0 Å². The Morgan fingerprint density at radius 2 is 1.96 bits per heavy atom. The second kappa shape index (κ2) is 7.50. The first-order chi connectivity index (χ1) is 12.4. The number of nitrogens with one attached hydrogen (secondary N) is 3. The van der Waals surface area contributed by atoms with E-state index in [1.165, 1.54) is 12.1 Å². The number of primary sulfonamides is 1. The number of hydrogen-bond acceptors (Lipinski definition) is 7. The summed E-state index contributed by atoms with van der Waals surface area (Å²) >= 11 is 0. The number of imidazole rings is 1. The number of nitrogens with zero attached hydrogens (tertiary/aromatic N) is 3. The van der Waals surface area contributed by atoms with Crippen molar-refractivity contribution in [1.82, 2.24) is 19.9 Å². The number of rotatable bonds is 7. The monoisotopic (exact) mass is 373 g/mol. The molecule has 0 spiro atoms. The van der Waals surface area contributed by atoms with E-state index in [-0.39, 0.29) is 4.90 Å². The van der Waals surface area contributed by atoms with Gasteiger partial charge < -0.3 is 15.6 Å². The molecule has 9 nitrogen and oxygen atoms in total. The second-order valence-electron chi connectivity index (χ2n) is 5.67. The number of aryl methyl sites for hydroxylation is 1. The average Bonchev–Trinajstić information content (AvgIpc) is 3.11. The van der Waals surface area contributed by atoms with Crippen LogP contribution in [-0.2, 0) is 16.4 Å². The van der Waals surface area contributed by atoms with Gasteiger partial charge in [0.15, 0.2) is 0 Å². The maximum absolute atomic E-state index is 11.3. The molecular formula is C16H19N7O2S. The van der Waals surface area contributed by atoms with Crippen LogP contribution in [0.4, 0.5) is 17.5 Å². The molecule has 136 valence electrons. The Hall–Kier alpha value is -2.98. The lowest BCUT2D eigenvalue weighted by molar-refractivity contribution is 0.598. The van der Waals surface area contributed by atoms with E-state index in [0.29, 0.717) is 18.2 Å². The van der Waals surface area contributed by atoms with Crippen molar-refractivity contribution in [3.63, 3.8) is 0 Å². The van der Waals surface area contributed by atoms with Crippen LogP contribution in [0.5, 0.6) is 0 Å². The molecule has 3 rings (SSSR count). The number of aromatic nitrogens is 4. The molecule has 0 bridgehead atoms. The van der Waals surface area contributed by atoms with Crippen LogP contribution in [0.2, 0.25) is 0 Å². The van der Waals surface area contributed by atoms with Crippen molar-refractivity contribution in [2.45, 2.75) is 18.2 Å². The molecule has 0 radical (unpaired) electrons. The summed E-state index contributed by atoms with van der Waals surface area (Å²) in [5.41, 5.74) is 2.62. The van der Waals surface area contributed by atoms with Crippen LogP contribution in [-0.4, -0.2) is 34.9 Å². The number of hydrogen-bond donors (Lipinski definition) is 4. The van der Waals surface area contributed by atoms with Crippen molar-refractivity contribution in [2.24, 2.45) is 5.14 Å². The minimum atomic E-state index is -3.71. The van der Waals surface area contributed by atoms with Crippen LogP contribution in [0.15, 0.2) is 47.9 Å². The Labute approximate surface area is 151 Å². The van der Waals surface area contributed by atoms with Crippen molar-refractivity contribution >= 4 is 27.5 Å². The van der Waals surface area contributed by atoms with E-state index in [0.717, 1.165) is 23.5 Å². The summed E-state index contributed by atoms with van der Waals surface area (Å²) in [6.07, 6.45) is 5.94. The van der Waals surface area contributed by atoms with Crippen LogP contribution >= 0.6 is 0 Å². The standard InChI is InChI=1S/C16H19N7O2S/c1-11-8-20-16(22-12-2-4-14(5-3-12)26(17,24)25)23-15(11)19-7-6-13-9-18-10-21-13/h2-5,8-10H,6-7H2,1H3,(H,18,21)(H2,17,24,25)(H2,19,20,22,23). The highest BCUT2D eigenvalue weighted by Gasteiger charge is 2.08. The SMILES string of the molecule is Cc1cnc(Nc2ccc(S(N)(=O)=O)cc2)nc1NCCc1cnc[nH]1. The lowest BCUT2D eigenvalue weighted by Crippen LogP contribution is -2.12. The van der Waals surface area contributed by atoms with Crippen molar-refractivity contribution in [1.29, 1.82) is 0 Å². The molecule has 0 aliphatic heterocycles. The molecule has 0 fully saturated rings. The smallest absolute Gasteiger partial charge is 0.238 e. The van der Waals surface area contributed by atoms with E-state index in [4.69, 9.17) is 5.14 Å². The number of nitrogens with two attached hydrogens (primary N) is 1. The third kappa shape index (κ3) is 4.55. The van der Waals surface area contributed by atoms with Gasteiger partial charge in [-0.15, -0.1) is 0 Å². The number of anilines is 3. The maximum atomic E-state index is 11.3. The largest absolute Gasteiger partial charge is 0.369 e. The lowest BCUT2D eigenvalue weighted by atomic mass is 10.3. The highest BCUT2D eigenvalue weighted by atomic mass is 32.2. The van der Waals surface area contributed by atoms with Gasteiger partial charge in [0.1, 0.15) is 5.82 Å². The van der Waals surface area contributed by atoms with E-state index in [1.807, 2.05) is 6.92 Å². The third-order valence-corrected chi connectivity index (χ3v) is 4.58. The van der Waals surface area contributed by atoms with Crippen LogP contribution in [0.25, 0.3) is 0 Å². The van der Waals surface area contributed by atoms with E-state index in [2.05, 4.69) is 30.6 Å². The van der Waals surface area contributed by atoms with Gasteiger partial charge in [-0.25, -0.2) is 23.5 Å². The van der Waals surface area contributed by atoms with Gasteiger partial charge in [0.05, 0.1) is 11.2 Å². The predicted molar refractivity (Wildman–Crippen MR) is 98.6 cm³/mol. The fraction of sp³-hybridized carbons (Fsp3) is 0.188. The highest BCUT2D eigenvalue weighted by Crippen LogP contribution is 2.18. The number of sulfonamides is 1. The van der Waals surface area contributed by atoms with Crippen molar-refractivity contribution in [2.75, 3.05) is 17.2 Å². The lowest BCUT2D eigenvalue weighted by Gasteiger charge is -2.11. The summed E-state index contributed by atoms with van der Waals surface area (Å²) in [7, 11) is -3.71. The fourth-order valence-corrected chi connectivity index (χ4v) is 2.79. The molecule has 3 aromatic rings. The first-order valence-electron chi connectivity index (χ1n) is 7.86. The van der Waals surface area contributed by atoms with Gasteiger partial charge in [-0.3, -0.25) is 0 Å². The van der Waals surface area contributed by atoms with Gasteiger partial charge in [0.2, 0.25) is 16.0 Å². The summed E-state index contributed by atoms with van der Waals surface area (Å²) in [5.74, 6) is 1.13. The van der Waals surface area contributed by atoms with Crippen LogP contribution in [0, 0.1) is 6.92 Å². The van der Waals surface area contributed by atoms with Crippen LogP contribution in [0.3, 0.4) is 0 Å². The molecule has 0 atom stereocenters. The first-order valence-corrected chi connectivity index (χ1v) is 9.41. The Morgan fingerprint density at radius 3 is 2.62 bits per heavy atom. The minimum Gasteiger partial charge on any atom is -0.369 e. The third-order valence-electron chi connectivity index (χ3n) is 3.65. The summed E-state index contributed by atoms with van der Waals surface area (Å²) < 4.78 is 22.6. The van der Waals surface area contributed by atoms with Crippen molar-refractivity contribution in [3.8, 4) is 0 Å². The second-order valence-corrected chi connectivity index (χ2v) is 7.23. The molecule has 0 saturated heterocycles. The Morgan fingerprint density at radius 1 is 1.19 bits per heavy atom. The minimum absolute atomic E-state index is 0.0500. The van der Waals surface area contributed by atoms with Gasteiger partial charge in [0.25, 0.3) is 0 Å². The molecule has 0 amide bonds. The van der Waals surface area contributed by atoms with Gasteiger partial charge in [-0.1, -0.05) is 0 Å². The number of H-pyrrole nitrogens is 1. The van der Waals surface area contributed by atoms with Crippen LogP contribution < -0.4 is 15.8 Å². The predicted octanol–water partition coefficient (Wildman–Crippen LogP) is 1.55. The van der Waals surface area contributed by atoms with E-state index >= 15 is 0 Å². The molecule has 2 aromatic heterocycles. The first kappa shape index (κ1) is 17.8. The summed E-state index contributed by atoms with van der Waals surface area (Å²) in [4.78, 5) is 15.8. The molecule has 10 heteroatoms. The van der Waals surface area contributed by atoms with Gasteiger partial charge in [-0.2, -0.15) is 4.98 Å². The summed E-state index contributed by atoms with van der Waals surface area (Å²) in [6, 6.07) is 6.06. The molecular weight excluding hydrogens is 354 g/mol. The normalized spacial score (nSPS) is 11.3. The molecule has 5 N–H and O–H groups in total. The Balaban J connectivity index is 1.66. The fourth-order valence-electron chi connectivity index (χ4n) is 2.28. The topological polar surface area (TPSA) is 139 Å². The van der Waals surface area contributed by atoms with Gasteiger partial charge in [0, 0.05) is 42.3 Å². The zero-order chi connectivity index (χ0) is 18.6. The molecule has 1 aromatic carbocycles. The summed E-state index contributed by atoms with van der Waals surface area (Å²) in [6.45, 7) is 2.62. The highest BCUT2D eigenvalue weighted by molar-refractivity contribution is 7.89. The zero-order valence-electron chi connectivity index (χ0n) is 14.1. The van der Waals surface area contributed by atoms with Crippen molar-refractivity contribution < 1.29 is 8.42 Å². The molecule has 26 heavy (non-hydrogen) atoms. The average molecular weight is 373 g/mol.